The molecule has 0 aliphatic rings. The second-order valence-electron chi connectivity index (χ2n) is 5.54. The minimum Gasteiger partial charge on any atom is -0.444 e. The lowest BCUT2D eigenvalue weighted by Crippen LogP contribution is -2.27. The number of hydrogen-bond donors (Lipinski definition) is 4. The number of aliphatic hydroxyl groups excluding tert-OH is 2. The minimum absolute atomic E-state index is 0.199. The van der Waals surface area contributed by atoms with Crippen LogP contribution in [0.5, 0.6) is 0 Å². The van der Waals surface area contributed by atoms with Crippen LogP contribution in [-0.2, 0) is 4.74 Å². The van der Waals surface area contributed by atoms with Crippen LogP contribution < -0.4 is 10.6 Å². The van der Waals surface area contributed by atoms with Gasteiger partial charge < -0.3 is 20.3 Å². The largest absolute Gasteiger partial charge is 0.444 e. The van der Waals surface area contributed by atoms with Crippen LogP contribution in [0.1, 0.15) is 20.8 Å². The lowest BCUT2D eigenvalue weighted by atomic mass is 10.2. The van der Waals surface area contributed by atoms with Gasteiger partial charge in [-0.05, 0) is 54.9 Å². The van der Waals surface area contributed by atoms with E-state index in [2.05, 4.69) is 26.6 Å². The minimum atomic E-state index is -0.848. The van der Waals surface area contributed by atoms with Crippen LogP contribution in [0.3, 0.4) is 0 Å². The first-order chi connectivity index (χ1) is 9.71. The summed E-state index contributed by atoms with van der Waals surface area (Å²) >= 11 is 3.37. The summed E-state index contributed by atoms with van der Waals surface area (Å²) < 4.78 is 5.95. The van der Waals surface area contributed by atoms with E-state index in [-0.39, 0.29) is 13.2 Å². The Bertz CT molecular complexity index is 488. The van der Waals surface area contributed by atoms with E-state index in [1.54, 1.807) is 39.0 Å². The summed E-state index contributed by atoms with van der Waals surface area (Å²) in [4.78, 5) is 11.7. The van der Waals surface area contributed by atoms with Crippen molar-refractivity contribution in [3.05, 3.63) is 22.7 Å². The SMILES string of the molecule is CC(C)(C)OC(=O)Nc1ccc(Br)c(NCC(O)CO)c1. The summed E-state index contributed by atoms with van der Waals surface area (Å²) in [7, 11) is 0. The van der Waals surface area contributed by atoms with Crippen molar-refractivity contribution in [2.75, 3.05) is 23.8 Å². The molecule has 1 atom stereocenters. The van der Waals surface area contributed by atoms with Crippen LogP contribution in [-0.4, -0.2) is 41.2 Å². The van der Waals surface area contributed by atoms with Crippen molar-refractivity contribution in [1.82, 2.24) is 0 Å². The molecule has 0 aliphatic carbocycles. The number of anilines is 2. The van der Waals surface area contributed by atoms with E-state index < -0.39 is 17.8 Å². The van der Waals surface area contributed by atoms with Gasteiger partial charge in [0.1, 0.15) is 5.60 Å². The Hall–Kier alpha value is -1.31. The molecule has 0 radical (unpaired) electrons. The number of aliphatic hydroxyl groups is 2. The molecule has 1 amide bonds. The molecular formula is C14H21BrN2O4. The van der Waals surface area contributed by atoms with Gasteiger partial charge in [-0.2, -0.15) is 0 Å². The molecule has 0 aliphatic heterocycles. The highest BCUT2D eigenvalue weighted by molar-refractivity contribution is 9.10. The summed E-state index contributed by atoms with van der Waals surface area (Å²) in [5.41, 5.74) is 0.690. The molecule has 1 rings (SSSR count). The second-order valence-corrected chi connectivity index (χ2v) is 6.39. The molecule has 7 heteroatoms. The van der Waals surface area contributed by atoms with E-state index in [0.29, 0.717) is 11.4 Å². The van der Waals surface area contributed by atoms with Crippen LogP contribution in [0.4, 0.5) is 16.2 Å². The summed E-state index contributed by atoms with van der Waals surface area (Å²) in [6.07, 6.45) is -1.38. The van der Waals surface area contributed by atoms with Crippen molar-refractivity contribution >= 4 is 33.4 Å². The average molecular weight is 361 g/mol. The first-order valence-electron chi connectivity index (χ1n) is 6.53. The Labute approximate surface area is 132 Å². The molecular weight excluding hydrogens is 340 g/mol. The number of nitrogens with one attached hydrogen (secondary N) is 2. The molecule has 4 N–H and O–H groups in total. The maximum Gasteiger partial charge on any atom is 0.412 e. The molecule has 0 saturated carbocycles. The number of halogens is 1. The summed E-state index contributed by atoms with van der Waals surface area (Å²) in [6.45, 7) is 5.25. The fourth-order valence-corrected chi connectivity index (χ4v) is 1.84. The number of carbonyl (C=O) groups excluding carboxylic acids is 1. The number of amides is 1. The third-order valence-electron chi connectivity index (χ3n) is 2.35. The van der Waals surface area contributed by atoms with Gasteiger partial charge in [0.15, 0.2) is 0 Å². The van der Waals surface area contributed by atoms with Crippen molar-refractivity contribution in [1.29, 1.82) is 0 Å². The van der Waals surface area contributed by atoms with Crippen LogP contribution >= 0.6 is 15.9 Å². The predicted molar refractivity (Wildman–Crippen MR) is 85.6 cm³/mol. The van der Waals surface area contributed by atoms with E-state index in [1.165, 1.54) is 0 Å². The first-order valence-corrected chi connectivity index (χ1v) is 7.33. The van der Waals surface area contributed by atoms with Gasteiger partial charge >= 0.3 is 6.09 Å². The summed E-state index contributed by atoms with van der Waals surface area (Å²) in [5.74, 6) is 0. The van der Waals surface area contributed by atoms with Crippen LogP contribution in [0, 0.1) is 0 Å². The maximum absolute atomic E-state index is 11.7. The molecule has 0 bridgehead atoms. The van der Waals surface area contributed by atoms with Gasteiger partial charge in [-0.25, -0.2) is 4.79 Å². The van der Waals surface area contributed by atoms with E-state index in [4.69, 9.17) is 9.84 Å². The predicted octanol–water partition coefficient (Wildman–Crippen LogP) is 2.56. The molecule has 0 heterocycles. The Morgan fingerprint density at radius 2 is 2.10 bits per heavy atom. The normalized spacial score (nSPS) is 12.7. The smallest absolute Gasteiger partial charge is 0.412 e. The fourth-order valence-electron chi connectivity index (χ4n) is 1.45. The Morgan fingerprint density at radius 3 is 2.67 bits per heavy atom. The van der Waals surface area contributed by atoms with Gasteiger partial charge in [0.25, 0.3) is 0 Å². The van der Waals surface area contributed by atoms with Crippen LogP contribution in [0.2, 0.25) is 0 Å². The van der Waals surface area contributed by atoms with Crippen molar-refractivity contribution in [2.45, 2.75) is 32.5 Å². The molecule has 0 saturated heterocycles. The molecule has 1 unspecified atom stereocenters. The van der Waals surface area contributed by atoms with E-state index in [9.17, 15) is 9.90 Å². The zero-order valence-corrected chi connectivity index (χ0v) is 13.9. The molecule has 1 aromatic rings. The lowest BCUT2D eigenvalue weighted by Gasteiger charge is -2.20. The van der Waals surface area contributed by atoms with Gasteiger partial charge in [0.05, 0.1) is 18.4 Å². The molecule has 6 nitrogen and oxygen atoms in total. The zero-order chi connectivity index (χ0) is 16.0. The highest BCUT2D eigenvalue weighted by Gasteiger charge is 2.16. The standard InChI is InChI=1S/C14H21BrN2O4/c1-14(2,3)21-13(20)17-9-4-5-11(15)12(6-9)16-7-10(19)8-18/h4-6,10,16,18-19H,7-8H2,1-3H3,(H,17,20). The fraction of sp³-hybridized carbons (Fsp3) is 0.500. The third-order valence-corrected chi connectivity index (χ3v) is 3.04. The molecule has 1 aromatic carbocycles. The Morgan fingerprint density at radius 1 is 1.43 bits per heavy atom. The highest BCUT2D eigenvalue weighted by Crippen LogP contribution is 2.26. The number of hydrogen-bond acceptors (Lipinski definition) is 5. The summed E-state index contributed by atoms with van der Waals surface area (Å²) in [6, 6.07) is 5.19. The molecule has 0 spiro atoms. The van der Waals surface area contributed by atoms with Crippen molar-refractivity contribution < 1.29 is 19.7 Å². The Kier molecular flexibility index (Phi) is 6.44. The van der Waals surface area contributed by atoms with Gasteiger partial charge in [-0.15, -0.1) is 0 Å². The molecule has 118 valence electrons. The number of carbonyl (C=O) groups is 1. The highest BCUT2D eigenvalue weighted by atomic mass is 79.9. The number of rotatable bonds is 5. The van der Waals surface area contributed by atoms with E-state index in [0.717, 1.165) is 4.47 Å². The third kappa shape index (κ3) is 6.79. The van der Waals surface area contributed by atoms with Gasteiger partial charge in [-0.1, -0.05) is 0 Å². The first kappa shape index (κ1) is 17.7. The van der Waals surface area contributed by atoms with Gasteiger partial charge in [0, 0.05) is 16.7 Å². The average Bonchev–Trinajstić information content (AvgIpc) is 2.36. The van der Waals surface area contributed by atoms with Crippen molar-refractivity contribution in [3.8, 4) is 0 Å². The summed E-state index contributed by atoms with van der Waals surface area (Å²) in [5, 5.41) is 23.7. The van der Waals surface area contributed by atoms with Gasteiger partial charge in [0.2, 0.25) is 0 Å². The maximum atomic E-state index is 11.7. The molecule has 0 aromatic heterocycles. The lowest BCUT2D eigenvalue weighted by molar-refractivity contribution is 0.0636. The molecule has 21 heavy (non-hydrogen) atoms. The van der Waals surface area contributed by atoms with E-state index in [1.807, 2.05) is 0 Å². The van der Waals surface area contributed by atoms with Crippen LogP contribution in [0.25, 0.3) is 0 Å². The zero-order valence-electron chi connectivity index (χ0n) is 12.3. The quantitative estimate of drug-likeness (QED) is 0.647. The van der Waals surface area contributed by atoms with E-state index >= 15 is 0 Å². The molecule has 0 fully saturated rings. The van der Waals surface area contributed by atoms with Gasteiger partial charge in [-0.3, -0.25) is 5.32 Å². The Balaban J connectivity index is 2.70. The monoisotopic (exact) mass is 360 g/mol. The topological polar surface area (TPSA) is 90.8 Å². The van der Waals surface area contributed by atoms with Crippen LogP contribution in [0.15, 0.2) is 22.7 Å². The van der Waals surface area contributed by atoms with Crippen molar-refractivity contribution in [2.24, 2.45) is 0 Å². The second kappa shape index (κ2) is 7.63. The number of ether oxygens (including phenoxy) is 1. The number of benzene rings is 1. The van der Waals surface area contributed by atoms with Crippen molar-refractivity contribution in [3.63, 3.8) is 0 Å².